The lowest BCUT2D eigenvalue weighted by molar-refractivity contribution is -0.384. The van der Waals surface area contributed by atoms with Crippen LogP contribution in [0, 0.1) is 10.1 Å². The Balaban J connectivity index is 1.84. The van der Waals surface area contributed by atoms with Gasteiger partial charge in [0.2, 0.25) is 5.82 Å². The highest BCUT2D eigenvalue weighted by atomic mass is 16.6. The quantitative estimate of drug-likeness (QED) is 0.578. The van der Waals surface area contributed by atoms with Gasteiger partial charge in [0, 0.05) is 11.8 Å². The molecular weight excluding hydrogens is 272 g/mol. The van der Waals surface area contributed by atoms with E-state index in [0.29, 0.717) is 6.54 Å². The molecule has 0 saturated carbocycles. The summed E-state index contributed by atoms with van der Waals surface area (Å²) in [4.78, 5) is 10.2. The number of aromatic nitrogens is 4. The van der Waals surface area contributed by atoms with Gasteiger partial charge in [-0.1, -0.05) is 18.2 Å². The summed E-state index contributed by atoms with van der Waals surface area (Å²) in [5.41, 5.74) is 7.30. The van der Waals surface area contributed by atoms with Crippen molar-refractivity contribution in [2.75, 3.05) is 5.73 Å². The van der Waals surface area contributed by atoms with Gasteiger partial charge in [-0.25, -0.2) is 9.36 Å². The number of rotatable bonds is 4. The first-order chi connectivity index (χ1) is 10.1. The number of nitrogen functional groups attached to an aromatic ring is 1. The van der Waals surface area contributed by atoms with Gasteiger partial charge in [-0.05, 0) is 12.1 Å². The number of hydrogen-bond donors (Lipinski definition) is 1. The van der Waals surface area contributed by atoms with Crippen LogP contribution in [0.4, 0.5) is 11.5 Å². The number of para-hydroxylation sites is 1. The van der Waals surface area contributed by atoms with Gasteiger partial charge in [0.25, 0.3) is 0 Å². The molecule has 0 aliphatic rings. The lowest BCUT2D eigenvalue weighted by atomic mass is 10.3. The number of benzene rings is 1. The molecule has 0 unspecified atom stereocenters. The maximum Gasteiger partial charge on any atom is 0.330 e. The van der Waals surface area contributed by atoms with E-state index >= 15 is 0 Å². The molecule has 0 saturated heterocycles. The van der Waals surface area contributed by atoms with E-state index in [1.807, 2.05) is 36.5 Å². The maximum absolute atomic E-state index is 10.7. The second kappa shape index (κ2) is 5.08. The molecule has 3 aromatic rings. The maximum atomic E-state index is 10.7. The Morgan fingerprint density at radius 1 is 1.19 bits per heavy atom. The molecule has 2 aromatic heterocycles. The lowest BCUT2D eigenvalue weighted by Crippen LogP contribution is -2.06. The molecule has 0 aliphatic heterocycles. The van der Waals surface area contributed by atoms with Crippen molar-refractivity contribution in [3.8, 4) is 5.69 Å². The molecule has 0 aliphatic carbocycles. The largest absolute Gasteiger partial charge is 0.378 e. The SMILES string of the molecule is Nc1c([N+](=O)[O-])cnn1Cc1cnn(-c2ccccc2)c1. The molecule has 0 spiro atoms. The second-order valence-corrected chi connectivity index (χ2v) is 4.46. The third kappa shape index (κ3) is 2.46. The summed E-state index contributed by atoms with van der Waals surface area (Å²) < 4.78 is 3.11. The Morgan fingerprint density at radius 2 is 1.95 bits per heavy atom. The predicted molar refractivity (Wildman–Crippen MR) is 76.0 cm³/mol. The molecule has 0 bridgehead atoms. The van der Waals surface area contributed by atoms with Crippen molar-refractivity contribution in [1.29, 1.82) is 0 Å². The highest BCUT2D eigenvalue weighted by Gasteiger charge is 2.17. The van der Waals surface area contributed by atoms with Crippen LogP contribution in [0.5, 0.6) is 0 Å². The molecule has 8 nitrogen and oxygen atoms in total. The normalized spacial score (nSPS) is 10.7. The lowest BCUT2D eigenvalue weighted by Gasteiger charge is -2.01. The fourth-order valence-corrected chi connectivity index (χ4v) is 1.99. The van der Waals surface area contributed by atoms with E-state index in [2.05, 4.69) is 10.2 Å². The third-order valence-corrected chi connectivity index (χ3v) is 3.05. The van der Waals surface area contributed by atoms with Gasteiger partial charge >= 0.3 is 5.69 Å². The molecule has 0 atom stereocenters. The number of anilines is 1. The van der Waals surface area contributed by atoms with Crippen molar-refractivity contribution in [1.82, 2.24) is 19.6 Å². The van der Waals surface area contributed by atoms with Crippen molar-refractivity contribution in [3.05, 3.63) is 64.6 Å². The van der Waals surface area contributed by atoms with Crippen LogP contribution in [0.15, 0.2) is 48.9 Å². The van der Waals surface area contributed by atoms with Crippen LogP contribution in [0.2, 0.25) is 0 Å². The molecule has 1 aromatic carbocycles. The molecule has 21 heavy (non-hydrogen) atoms. The van der Waals surface area contributed by atoms with Gasteiger partial charge in [0.05, 0.1) is 23.4 Å². The van der Waals surface area contributed by atoms with Crippen LogP contribution in [0.1, 0.15) is 5.56 Å². The van der Waals surface area contributed by atoms with Crippen LogP contribution in [0.3, 0.4) is 0 Å². The summed E-state index contributed by atoms with van der Waals surface area (Å²) in [7, 11) is 0. The standard InChI is InChI=1S/C13H12N6O2/c14-13-12(19(20)21)7-16-18(13)9-10-6-15-17(8-10)11-4-2-1-3-5-11/h1-8H,9,14H2. The first kappa shape index (κ1) is 12.9. The Labute approximate surface area is 119 Å². The second-order valence-electron chi connectivity index (χ2n) is 4.46. The summed E-state index contributed by atoms with van der Waals surface area (Å²) >= 11 is 0. The highest BCUT2D eigenvalue weighted by molar-refractivity contribution is 5.51. The highest BCUT2D eigenvalue weighted by Crippen LogP contribution is 2.20. The molecule has 0 amide bonds. The molecule has 8 heteroatoms. The van der Waals surface area contributed by atoms with Crippen molar-refractivity contribution in [2.45, 2.75) is 6.54 Å². The van der Waals surface area contributed by atoms with Gasteiger partial charge in [0.1, 0.15) is 6.20 Å². The predicted octanol–water partition coefficient (Wildman–Crippen LogP) is 1.61. The summed E-state index contributed by atoms with van der Waals surface area (Å²) in [6, 6.07) is 9.64. The molecular formula is C13H12N6O2. The third-order valence-electron chi connectivity index (χ3n) is 3.05. The minimum absolute atomic E-state index is 0.0347. The van der Waals surface area contributed by atoms with Crippen molar-refractivity contribution < 1.29 is 4.92 Å². The topological polar surface area (TPSA) is 105 Å². The monoisotopic (exact) mass is 284 g/mol. The first-order valence-corrected chi connectivity index (χ1v) is 6.20. The smallest absolute Gasteiger partial charge is 0.330 e. The van der Waals surface area contributed by atoms with Crippen molar-refractivity contribution in [2.24, 2.45) is 0 Å². The van der Waals surface area contributed by atoms with E-state index in [-0.39, 0.29) is 11.5 Å². The van der Waals surface area contributed by atoms with Crippen molar-refractivity contribution >= 4 is 11.5 Å². The van der Waals surface area contributed by atoms with Crippen molar-refractivity contribution in [3.63, 3.8) is 0 Å². The number of hydrogen-bond acceptors (Lipinski definition) is 5. The Bertz CT molecular complexity index is 777. The van der Waals surface area contributed by atoms with E-state index in [1.54, 1.807) is 10.9 Å². The Hall–Kier alpha value is -3.16. The molecule has 0 radical (unpaired) electrons. The summed E-state index contributed by atoms with van der Waals surface area (Å²) in [6.07, 6.45) is 4.67. The van der Waals surface area contributed by atoms with Crippen LogP contribution in [-0.2, 0) is 6.54 Å². The van der Waals surface area contributed by atoms with Gasteiger partial charge in [-0.2, -0.15) is 10.2 Å². The zero-order valence-corrected chi connectivity index (χ0v) is 11.0. The van der Waals surface area contributed by atoms with Gasteiger partial charge in [-0.3, -0.25) is 10.1 Å². The zero-order chi connectivity index (χ0) is 14.8. The van der Waals surface area contributed by atoms with E-state index in [0.717, 1.165) is 17.4 Å². The number of nitrogens with two attached hydrogens (primary N) is 1. The minimum Gasteiger partial charge on any atom is -0.378 e. The Morgan fingerprint density at radius 3 is 2.62 bits per heavy atom. The average Bonchev–Trinajstić information content (AvgIpc) is 3.08. The molecule has 106 valence electrons. The summed E-state index contributed by atoms with van der Waals surface area (Å²) in [5.74, 6) is 0.0347. The average molecular weight is 284 g/mol. The van der Waals surface area contributed by atoms with Gasteiger partial charge < -0.3 is 5.73 Å². The molecule has 2 N–H and O–H groups in total. The van der Waals surface area contributed by atoms with E-state index in [9.17, 15) is 10.1 Å². The van der Waals surface area contributed by atoms with Gasteiger partial charge in [0.15, 0.2) is 0 Å². The molecule has 0 fully saturated rings. The number of nitrogens with zero attached hydrogens (tertiary/aromatic N) is 5. The molecule has 2 heterocycles. The van der Waals surface area contributed by atoms with E-state index < -0.39 is 4.92 Å². The minimum atomic E-state index is -0.549. The van der Waals surface area contributed by atoms with Crippen LogP contribution < -0.4 is 5.73 Å². The van der Waals surface area contributed by atoms with E-state index in [1.165, 1.54) is 4.68 Å². The fraction of sp³-hybridized carbons (Fsp3) is 0.0769. The van der Waals surface area contributed by atoms with Crippen LogP contribution >= 0.6 is 0 Å². The van der Waals surface area contributed by atoms with Crippen LogP contribution in [-0.4, -0.2) is 24.5 Å². The first-order valence-electron chi connectivity index (χ1n) is 6.20. The van der Waals surface area contributed by atoms with Crippen LogP contribution in [0.25, 0.3) is 5.69 Å². The fourth-order valence-electron chi connectivity index (χ4n) is 1.99. The summed E-state index contributed by atoms with van der Waals surface area (Å²) in [5, 5.41) is 18.9. The molecule has 3 rings (SSSR count). The zero-order valence-electron chi connectivity index (χ0n) is 11.0. The Kier molecular flexibility index (Phi) is 3.11. The van der Waals surface area contributed by atoms with E-state index in [4.69, 9.17) is 5.73 Å². The number of nitro groups is 1. The summed E-state index contributed by atoms with van der Waals surface area (Å²) in [6.45, 7) is 0.326. The van der Waals surface area contributed by atoms with Gasteiger partial charge in [-0.15, -0.1) is 0 Å².